The summed E-state index contributed by atoms with van der Waals surface area (Å²) in [6.07, 6.45) is 0. The fourth-order valence-electron chi connectivity index (χ4n) is 1.39. The zero-order chi connectivity index (χ0) is 12.4. The van der Waals surface area contributed by atoms with Gasteiger partial charge in [-0.15, -0.1) is 0 Å². The van der Waals surface area contributed by atoms with E-state index in [9.17, 15) is 4.39 Å². The van der Waals surface area contributed by atoms with Crippen LogP contribution in [-0.4, -0.2) is 9.97 Å². The molecule has 0 saturated carbocycles. The zero-order valence-electron chi connectivity index (χ0n) is 9.04. The number of hydrogen-bond acceptors (Lipinski definition) is 4. The molecule has 0 fully saturated rings. The Labute approximate surface area is 103 Å². The molecule has 1 aromatic heterocycles. The Bertz CT molecular complexity index is 539. The molecule has 0 aliphatic rings. The van der Waals surface area contributed by atoms with E-state index in [1.54, 1.807) is 6.92 Å². The third-order valence-corrected chi connectivity index (χ3v) is 2.28. The van der Waals surface area contributed by atoms with Crippen molar-refractivity contribution in [2.24, 2.45) is 0 Å². The summed E-state index contributed by atoms with van der Waals surface area (Å²) < 4.78 is 13.5. The van der Waals surface area contributed by atoms with Crippen LogP contribution in [0.3, 0.4) is 0 Å². The lowest BCUT2D eigenvalue weighted by atomic mass is 10.3. The zero-order valence-corrected chi connectivity index (χ0v) is 9.79. The molecule has 0 unspecified atom stereocenters. The maximum Gasteiger partial charge on any atom is 0.146 e. The van der Waals surface area contributed by atoms with E-state index in [4.69, 9.17) is 17.3 Å². The smallest absolute Gasteiger partial charge is 0.146 e. The largest absolute Gasteiger partial charge is 0.384 e. The first-order chi connectivity index (χ1) is 8.04. The molecule has 0 aliphatic heterocycles. The van der Waals surface area contributed by atoms with Gasteiger partial charge in [-0.2, -0.15) is 0 Å². The molecule has 2 aromatic rings. The summed E-state index contributed by atoms with van der Waals surface area (Å²) in [5, 5.41) is 3.24. The molecule has 4 nitrogen and oxygen atoms in total. The van der Waals surface area contributed by atoms with E-state index < -0.39 is 5.82 Å². The summed E-state index contributed by atoms with van der Waals surface area (Å²) in [7, 11) is 0. The topological polar surface area (TPSA) is 63.8 Å². The monoisotopic (exact) mass is 252 g/mol. The number of nitrogens with one attached hydrogen (secondary N) is 1. The van der Waals surface area contributed by atoms with Crippen LogP contribution in [-0.2, 0) is 0 Å². The second-order valence-electron chi connectivity index (χ2n) is 3.47. The number of aryl methyl sites for hydroxylation is 1. The second-order valence-corrected chi connectivity index (χ2v) is 3.91. The van der Waals surface area contributed by atoms with Crippen LogP contribution in [0.1, 0.15) is 5.82 Å². The number of nitrogens with two attached hydrogens (primary N) is 1. The average molecular weight is 253 g/mol. The Morgan fingerprint density at radius 3 is 2.76 bits per heavy atom. The molecule has 0 atom stereocenters. The van der Waals surface area contributed by atoms with E-state index in [1.165, 1.54) is 24.3 Å². The first kappa shape index (κ1) is 11.6. The highest BCUT2D eigenvalue weighted by Crippen LogP contribution is 2.23. The van der Waals surface area contributed by atoms with Crippen LogP contribution in [0, 0.1) is 12.7 Å². The van der Waals surface area contributed by atoms with Gasteiger partial charge < -0.3 is 11.1 Å². The number of anilines is 3. The molecule has 17 heavy (non-hydrogen) atoms. The molecular formula is C11H10ClFN4. The van der Waals surface area contributed by atoms with E-state index in [2.05, 4.69) is 15.3 Å². The summed E-state index contributed by atoms with van der Waals surface area (Å²) in [6.45, 7) is 1.70. The van der Waals surface area contributed by atoms with E-state index in [1.807, 2.05) is 0 Å². The number of nitrogen functional groups attached to an aromatic ring is 1. The molecule has 6 heteroatoms. The maximum atomic E-state index is 13.5. The Morgan fingerprint density at radius 2 is 2.06 bits per heavy atom. The van der Waals surface area contributed by atoms with Gasteiger partial charge in [0.2, 0.25) is 0 Å². The lowest BCUT2D eigenvalue weighted by Gasteiger charge is -2.08. The predicted molar refractivity (Wildman–Crippen MR) is 65.9 cm³/mol. The lowest BCUT2D eigenvalue weighted by molar-refractivity contribution is 0.632. The van der Waals surface area contributed by atoms with Gasteiger partial charge in [0, 0.05) is 11.1 Å². The fourth-order valence-corrected chi connectivity index (χ4v) is 1.56. The summed E-state index contributed by atoms with van der Waals surface area (Å²) in [5.74, 6) is 0.845. The van der Waals surface area contributed by atoms with Crippen molar-refractivity contribution < 1.29 is 4.39 Å². The van der Waals surface area contributed by atoms with Crippen molar-refractivity contribution in [3.63, 3.8) is 0 Å². The van der Waals surface area contributed by atoms with Crippen molar-refractivity contribution in [2.75, 3.05) is 11.1 Å². The van der Waals surface area contributed by atoms with Gasteiger partial charge in [-0.25, -0.2) is 14.4 Å². The molecule has 1 aromatic carbocycles. The van der Waals surface area contributed by atoms with Gasteiger partial charge in [-0.05, 0) is 25.1 Å². The van der Waals surface area contributed by atoms with E-state index >= 15 is 0 Å². The quantitative estimate of drug-likeness (QED) is 0.863. The van der Waals surface area contributed by atoms with E-state index in [-0.39, 0.29) is 5.69 Å². The van der Waals surface area contributed by atoms with Crippen LogP contribution in [0.5, 0.6) is 0 Å². The van der Waals surface area contributed by atoms with Gasteiger partial charge in [0.25, 0.3) is 0 Å². The van der Waals surface area contributed by atoms with Crippen molar-refractivity contribution in [1.29, 1.82) is 0 Å². The van der Waals surface area contributed by atoms with Crippen LogP contribution in [0.25, 0.3) is 0 Å². The van der Waals surface area contributed by atoms with Crippen LogP contribution >= 0.6 is 11.6 Å². The van der Waals surface area contributed by atoms with Crippen molar-refractivity contribution >= 4 is 28.9 Å². The number of halogens is 2. The molecule has 0 spiro atoms. The highest BCUT2D eigenvalue weighted by molar-refractivity contribution is 6.30. The summed E-state index contributed by atoms with van der Waals surface area (Å²) in [6, 6.07) is 5.75. The third-order valence-electron chi connectivity index (χ3n) is 2.05. The highest BCUT2D eigenvalue weighted by Gasteiger charge is 2.05. The standard InChI is InChI=1S/C11H10ClFN4/c1-6-15-10(14)5-11(16-6)17-9-4-7(12)2-3-8(9)13/h2-5H,1H3,(H3,14,15,16,17). The fraction of sp³-hybridized carbons (Fsp3) is 0.0909. The van der Waals surface area contributed by atoms with E-state index in [0.29, 0.717) is 22.5 Å². The average Bonchev–Trinajstić information content (AvgIpc) is 2.22. The van der Waals surface area contributed by atoms with Gasteiger partial charge in [-0.1, -0.05) is 11.6 Å². The van der Waals surface area contributed by atoms with Gasteiger partial charge in [0.15, 0.2) is 0 Å². The second kappa shape index (κ2) is 4.55. The van der Waals surface area contributed by atoms with Crippen LogP contribution in [0.4, 0.5) is 21.7 Å². The molecule has 88 valence electrons. The SMILES string of the molecule is Cc1nc(N)cc(Nc2cc(Cl)ccc2F)n1. The van der Waals surface area contributed by atoms with Gasteiger partial charge >= 0.3 is 0 Å². The van der Waals surface area contributed by atoms with Gasteiger partial charge in [0.05, 0.1) is 5.69 Å². The normalized spacial score (nSPS) is 10.3. The molecule has 0 radical (unpaired) electrons. The first-order valence-corrected chi connectivity index (χ1v) is 5.25. The van der Waals surface area contributed by atoms with Crippen molar-refractivity contribution in [3.8, 4) is 0 Å². The van der Waals surface area contributed by atoms with Crippen LogP contribution < -0.4 is 11.1 Å². The molecule has 2 rings (SSSR count). The Kier molecular flexibility index (Phi) is 3.10. The van der Waals surface area contributed by atoms with Crippen LogP contribution in [0.2, 0.25) is 5.02 Å². The summed E-state index contributed by atoms with van der Waals surface area (Å²) >= 11 is 5.78. The predicted octanol–water partition coefficient (Wildman–Crippen LogP) is 2.90. The molecule has 3 N–H and O–H groups in total. The molecule has 0 amide bonds. The Hall–Kier alpha value is -1.88. The highest BCUT2D eigenvalue weighted by atomic mass is 35.5. The van der Waals surface area contributed by atoms with Crippen molar-refractivity contribution in [3.05, 3.63) is 40.9 Å². The minimum atomic E-state index is -0.413. The molecule has 0 saturated heterocycles. The summed E-state index contributed by atoms with van der Waals surface area (Å²) in [5.41, 5.74) is 5.82. The number of aromatic nitrogens is 2. The Morgan fingerprint density at radius 1 is 1.29 bits per heavy atom. The maximum absolute atomic E-state index is 13.5. The molecule has 0 bridgehead atoms. The van der Waals surface area contributed by atoms with Crippen molar-refractivity contribution in [1.82, 2.24) is 9.97 Å². The molecular weight excluding hydrogens is 243 g/mol. The van der Waals surface area contributed by atoms with Crippen LogP contribution in [0.15, 0.2) is 24.3 Å². The number of hydrogen-bond donors (Lipinski definition) is 2. The minimum absolute atomic E-state index is 0.245. The third kappa shape index (κ3) is 2.82. The van der Waals surface area contributed by atoms with Crippen molar-refractivity contribution in [2.45, 2.75) is 6.92 Å². The number of rotatable bonds is 2. The lowest BCUT2D eigenvalue weighted by Crippen LogP contribution is -2.01. The van der Waals surface area contributed by atoms with E-state index in [0.717, 1.165) is 0 Å². The number of nitrogens with zero attached hydrogens (tertiary/aromatic N) is 2. The first-order valence-electron chi connectivity index (χ1n) is 4.88. The Balaban J connectivity index is 2.34. The van der Waals surface area contributed by atoms with Gasteiger partial charge in [-0.3, -0.25) is 0 Å². The molecule has 1 heterocycles. The van der Waals surface area contributed by atoms with Gasteiger partial charge in [0.1, 0.15) is 23.3 Å². The molecule has 0 aliphatic carbocycles. The number of benzene rings is 1. The summed E-state index contributed by atoms with van der Waals surface area (Å²) in [4.78, 5) is 8.01. The minimum Gasteiger partial charge on any atom is -0.384 e.